The summed E-state index contributed by atoms with van der Waals surface area (Å²) in [6.45, 7) is 4.16. The van der Waals surface area contributed by atoms with E-state index in [1.807, 2.05) is 13.0 Å². The lowest BCUT2D eigenvalue weighted by Crippen LogP contribution is -2.27. The zero-order chi connectivity index (χ0) is 14.4. The molecular weight excluding hydrogens is 276 g/mol. The van der Waals surface area contributed by atoms with Crippen molar-refractivity contribution in [2.75, 3.05) is 23.7 Å². The van der Waals surface area contributed by atoms with Gasteiger partial charge in [-0.2, -0.15) is 0 Å². The van der Waals surface area contributed by atoms with E-state index in [1.54, 1.807) is 6.20 Å². The Kier molecular flexibility index (Phi) is 5.31. The number of anilines is 1. The minimum Gasteiger partial charge on any atom is -0.357 e. The molecule has 0 bridgehead atoms. The van der Waals surface area contributed by atoms with Crippen LogP contribution >= 0.6 is 0 Å². The van der Waals surface area contributed by atoms with E-state index in [-0.39, 0.29) is 12.3 Å². The van der Waals surface area contributed by atoms with Crippen LogP contribution in [0.25, 0.3) is 0 Å². The Labute approximate surface area is 120 Å². The van der Waals surface area contributed by atoms with Crippen molar-refractivity contribution in [3.8, 4) is 0 Å². The third-order valence-corrected chi connectivity index (χ3v) is 4.75. The van der Waals surface area contributed by atoms with Gasteiger partial charge in [0.15, 0.2) is 0 Å². The van der Waals surface area contributed by atoms with Gasteiger partial charge in [-0.15, -0.1) is 0 Å². The van der Waals surface area contributed by atoms with Gasteiger partial charge in [0, 0.05) is 19.3 Å². The van der Waals surface area contributed by atoms with Gasteiger partial charge in [0.2, 0.25) is 10.0 Å². The summed E-state index contributed by atoms with van der Waals surface area (Å²) in [6.07, 6.45) is 5.59. The van der Waals surface area contributed by atoms with Crippen molar-refractivity contribution in [1.82, 2.24) is 14.7 Å². The molecule has 0 spiro atoms. The average Bonchev–Trinajstić information content (AvgIpc) is 2.98. The Morgan fingerprint density at radius 1 is 1.35 bits per heavy atom. The maximum absolute atomic E-state index is 11.7. The molecule has 0 aromatic carbocycles. The molecule has 7 heteroatoms. The summed E-state index contributed by atoms with van der Waals surface area (Å²) in [5.74, 6) is 1.57. The molecule has 1 N–H and O–H groups in total. The van der Waals surface area contributed by atoms with Crippen molar-refractivity contribution < 1.29 is 8.42 Å². The fraction of sp³-hybridized carbons (Fsp3) is 0.692. The van der Waals surface area contributed by atoms with E-state index in [4.69, 9.17) is 0 Å². The SMILES string of the molecule is CCCCS(=O)(=O)NCc1nccc(N2CCCC2)n1. The molecule has 112 valence electrons. The molecule has 0 amide bonds. The van der Waals surface area contributed by atoms with Crippen LogP contribution in [-0.4, -0.2) is 37.2 Å². The minimum absolute atomic E-state index is 0.160. The first-order valence-corrected chi connectivity index (χ1v) is 8.80. The number of hydrogen-bond donors (Lipinski definition) is 1. The van der Waals surface area contributed by atoms with Crippen LogP contribution in [0.15, 0.2) is 12.3 Å². The van der Waals surface area contributed by atoms with Crippen molar-refractivity contribution in [2.24, 2.45) is 0 Å². The fourth-order valence-electron chi connectivity index (χ4n) is 2.18. The monoisotopic (exact) mass is 298 g/mol. The third-order valence-electron chi connectivity index (χ3n) is 3.34. The van der Waals surface area contributed by atoms with Gasteiger partial charge in [-0.05, 0) is 25.3 Å². The van der Waals surface area contributed by atoms with Gasteiger partial charge in [0.05, 0.1) is 12.3 Å². The predicted octanol–water partition coefficient (Wildman–Crippen LogP) is 1.30. The predicted molar refractivity (Wildman–Crippen MR) is 79.0 cm³/mol. The molecule has 0 atom stereocenters. The molecule has 6 nitrogen and oxygen atoms in total. The first kappa shape index (κ1) is 15.2. The van der Waals surface area contributed by atoms with E-state index < -0.39 is 10.0 Å². The molecule has 1 fully saturated rings. The van der Waals surface area contributed by atoms with E-state index in [0.717, 1.165) is 25.3 Å². The maximum atomic E-state index is 11.7. The Hall–Kier alpha value is -1.21. The lowest BCUT2D eigenvalue weighted by atomic mass is 10.4. The topological polar surface area (TPSA) is 75.2 Å². The molecule has 20 heavy (non-hydrogen) atoms. The molecule has 1 aliphatic rings. The molecular formula is C13H22N4O2S. The highest BCUT2D eigenvalue weighted by molar-refractivity contribution is 7.89. The molecule has 0 saturated carbocycles. The van der Waals surface area contributed by atoms with Crippen LogP contribution in [0.5, 0.6) is 0 Å². The minimum atomic E-state index is -3.22. The highest BCUT2D eigenvalue weighted by Gasteiger charge is 2.15. The standard InChI is InChI=1S/C13H22N4O2S/c1-2-3-10-20(18,19)15-11-12-14-7-6-13(16-12)17-8-4-5-9-17/h6-7,15H,2-5,8-11H2,1H3. The highest BCUT2D eigenvalue weighted by atomic mass is 32.2. The molecule has 2 heterocycles. The van der Waals surface area contributed by atoms with Crippen LogP contribution in [0.2, 0.25) is 0 Å². The van der Waals surface area contributed by atoms with Gasteiger partial charge < -0.3 is 4.90 Å². The average molecular weight is 298 g/mol. The van der Waals surface area contributed by atoms with Crippen molar-refractivity contribution >= 4 is 15.8 Å². The quantitative estimate of drug-likeness (QED) is 0.821. The second-order valence-electron chi connectivity index (χ2n) is 5.02. The molecule has 2 rings (SSSR count). The van der Waals surface area contributed by atoms with Crippen molar-refractivity contribution in [3.05, 3.63) is 18.1 Å². The van der Waals surface area contributed by atoms with Gasteiger partial charge in [-0.1, -0.05) is 13.3 Å². The number of unbranched alkanes of at least 4 members (excludes halogenated alkanes) is 1. The van der Waals surface area contributed by atoms with Gasteiger partial charge in [-0.3, -0.25) is 0 Å². The summed E-state index contributed by atoms with van der Waals surface area (Å²) in [6, 6.07) is 1.88. The van der Waals surface area contributed by atoms with E-state index in [2.05, 4.69) is 19.6 Å². The first-order chi connectivity index (χ1) is 9.61. The summed E-state index contributed by atoms with van der Waals surface area (Å²) in [5.41, 5.74) is 0. The van der Waals surface area contributed by atoms with Crippen LogP contribution < -0.4 is 9.62 Å². The summed E-state index contributed by atoms with van der Waals surface area (Å²) in [5, 5.41) is 0. The Morgan fingerprint density at radius 3 is 2.80 bits per heavy atom. The number of rotatable bonds is 7. The van der Waals surface area contributed by atoms with Crippen LogP contribution in [0, 0.1) is 0 Å². The summed E-state index contributed by atoms with van der Waals surface area (Å²) >= 11 is 0. The summed E-state index contributed by atoms with van der Waals surface area (Å²) in [4.78, 5) is 10.8. The molecule has 0 radical (unpaired) electrons. The second-order valence-corrected chi connectivity index (χ2v) is 6.95. The number of nitrogens with zero attached hydrogens (tertiary/aromatic N) is 3. The molecule has 1 aromatic heterocycles. The van der Waals surface area contributed by atoms with Crippen LogP contribution in [0.3, 0.4) is 0 Å². The summed E-state index contributed by atoms with van der Waals surface area (Å²) < 4.78 is 26.0. The lowest BCUT2D eigenvalue weighted by molar-refractivity contribution is 0.576. The zero-order valence-electron chi connectivity index (χ0n) is 11.9. The number of sulfonamides is 1. The van der Waals surface area contributed by atoms with Crippen molar-refractivity contribution in [1.29, 1.82) is 0 Å². The van der Waals surface area contributed by atoms with Gasteiger partial charge >= 0.3 is 0 Å². The highest BCUT2D eigenvalue weighted by Crippen LogP contribution is 2.16. The Morgan fingerprint density at radius 2 is 2.10 bits per heavy atom. The van der Waals surface area contributed by atoms with E-state index in [0.29, 0.717) is 12.2 Å². The zero-order valence-corrected chi connectivity index (χ0v) is 12.7. The number of hydrogen-bond acceptors (Lipinski definition) is 5. The van der Waals surface area contributed by atoms with E-state index in [9.17, 15) is 8.42 Å². The van der Waals surface area contributed by atoms with Crippen LogP contribution in [-0.2, 0) is 16.6 Å². The third kappa shape index (κ3) is 4.42. The molecule has 1 aromatic rings. The van der Waals surface area contributed by atoms with E-state index >= 15 is 0 Å². The molecule has 0 unspecified atom stereocenters. The number of aromatic nitrogens is 2. The van der Waals surface area contributed by atoms with Gasteiger partial charge in [0.25, 0.3) is 0 Å². The fourth-order valence-corrected chi connectivity index (χ4v) is 3.34. The van der Waals surface area contributed by atoms with Gasteiger partial charge in [0.1, 0.15) is 11.6 Å². The first-order valence-electron chi connectivity index (χ1n) is 7.15. The lowest BCUT2D eigenvalue weighted by Gasteiger charge is -2.16. The smallest absolute Gasteiger partial charge is 0.212 e. The van der Waals surface area contributed by atoms with E-state index in [1.165, 1.54) is 12.8 Å². The molecule has 1 aliphatic heterocycles. The van der Waals surface area contributed by atoms with Crippen molar-refractivity contribution in [2.45, 2.75) is 39.2 Å². The molecule has 0 aliphatic carbocycles. The number of nitrogens with one attached hydrogen (secondary N) is 1. The Balaban J connectivity index is 1.94. The molecule has 1 saturated heterocycles. The van der Waals surface area contributed by atoms with Crippen LogP contribution in [0.4, 0.5) is 5.82 Å². The Bertz CT molecular complexity index is 527. The maximum Gasteiger partial charge on any atom is 0.212 e. The van der Waals surface area contributed by atoms with Crippen molar-refractivity contribution in [3.63, 3.8) is 0 Å². The normalized spacial score (nSPS) is 15.8. The van der Waals surface area contributed by atoms with Crippen LogP contribution in [0.1, 0.15) is 38.4 Å². The largest absolute Gasteiger partial charge is 0.357 e. The second kappa shape index (κ2) is 6.99. The summed E-state index contributed by atoms with van der Waals surface area (Å²) in [7, 11) is -3.22. The van der Waals surface area contributed by atoms with Gasteiger partial charge in [-0.25, -0.2) is 23.1 Å².